The molecule has 1 amide bonds. The van der Waals surface area contributed by atoms with Crippen LogP contribution in [0.5, 0.6) is 5.75 Å². The number of rotatable bonds is 6. The maximum Gasteiger partial charge on any atom is 0.275 e. The second-order valence-electron chi connectivity index (χ2n) is 5.60. The van der Waals surface area contributed by atoms with E-state index in [-0.39, 0.29) is 12.5 Å². The van der Waals surface area contributed by atoms with Crippen molar-refractivity contribution in [1.82, 2.24) is 5.43 Å². The Morgan fingerprint density at radius 1 is 0.926 bits per heavy atom. The van der Waals surface area contributed by atoms with Gasteiger partial charge in [-0.15, -0.1) is 0 Å². The standard InChI is InChI=1S/C21H16Cl2N2O2/c22-18-10-4-1-7-15(18)13-24-25-21(26)17-9-3-6-12-20(17)27-14-16-8-2-5-11-19(16)23/h1-13H,14H2,(H,25,26)/b24-13-. The van der Waals surface area contributed by atoms with E-state index in [1.165, 1.54) is 6.21 Å². The Balaban J connectivity index is 1.68. The summed E-state index contributed by atoms with van der Waals surface area (Å²) >= 11 is 12.2. The molecule has 0 bridgehead atoms. The van der Waals surface area contributed by atoms with Crippen LogP contribution >= 0.6 is 23.2 Å². The van der Waals surface area contributed by atoms with Crippen molar-refractivity contribution in [2.45, 2.75) is 6.61 Å². The van der Waals surface area contributed by atoms with Crippen LogP contribution in [0.25, 0.3) is 0 Å². The van der Waals surface area contributed by atoms with E-state index in [9.17, 15) is 4.79 Å². The molecule has 0 aliphatic carbocycles. The van der Waals surface area contributed by atoms with Crippen LogP contribution in [0.4, 0.5) is 0 Å². The van der Waals surface area contributed by atoms with Crippen molar-refractivity contribution in [1.29, 1.82) is 0 Å². The lowest BCUT2D eigenvalue weighted by molar-refractivity contribution is 0.0950. The molecule has 0 atom stereocenters. The molecule has 3 rings (SSSR count). The third kappa shape index (κ3) is 5.09. The molecule has 27 heavy (non-hydrogen) atoms. The van der Waals surface area contributed by atoms with E-state index in [0.29, 0.717) is 26.9 Å². The molecule has 0 spiro atoms. The Bertz CT molecular complexity index is 974. The van der Waals surface area contributed by atoms with Crippen LogP contribution in [-0.2, 0) is 6.61 Å². The third-order valence-corrected chi connectivity index (χ3v) is 4.46. The lowest BCUT2D eigenvalue weighted by Gasteiger charge is -2.11. The number of carbonyl (C=O) groups excluding carboxylic acids is 1. The highest BCUT2D eigenvalue weighted by molar-refractivity contribution is 6.33. The van der Waals surface area contributed by atoms with Gasteiger partial charge in [0.1, 0.15) is 12.4 Å². The molecule has 6 heteroatoms. The predicted molar refractivity (Wildman–Crippen MR) is 109 cm³/mol. The molecule has 1 N–H and O–H groups in total. The number of hydrogen-bond donors (Lipinski definition) is 1. The van der Waals surface area contributed by atoms with Gasteiger partial charge in [-0.3, -0.25) is 4.79 Å². The summed E-state index contributed by atoms with van der Waals surface area (Å²) in [6.07, 6.45) is 1.49. The Hall–Kier alpha value is -2.82. The number of carbonyl (C=O) groups is 1. The van der Waals surface area contributed by atoms with Gasteiger partial charge in [-0.05, 0) is 24.3 Å². The summed E-state index contributed by atoms with van der Waals surface area (Å²) in [5.41, 5.74) is 4.42. The molecule has 3 aromatic rings. The number of para-hydroxylation sites is 1. The first-order chi connectivity index (χ1) is 13.1. The maximum atomic E-state index is 12.5. The first-order valence-corrected chi connectivity index (χ1v) is 8.94. The molecule has 0 aromatic heterocycles. The van der Waals surface area contributed by atoms with Gasteiger partial charge in [-0.25, -0.2) is 5.43 Å². The average molecular weight is 399 g/mol. The molecule has 3 aromatic carbocycles. The summed E-state index contributed by atoms with van der Waals surface area (Å²) in [4.78, 5) is 12.5. The highest BCUT2D eigenvalue weighted by Crippen LogP contribution is 2.22. The molecular weight excluding hydrogens is 383 g/mol. The molecule has 0 radical (unpaired) electrons. The Kier molecular flexibility index (Phi) is 6.47. The smallest absolute Gasteiger partial charge is 0.275 e. The number of amides is 1. The van der Waals surface area contributed by atoms with Gasteiger partial charge in [0.25, 0.3) is 5.91 Å². The van der Waals surface area contributed by atoms with Gasteiger partial charge in [0.05, 0.1) is 11.8 Å². The summed E-state index contributed by atoms with van der Waals surface area (Å²) < 4.78 is 5.79. The summed E-state index contributed by atoms with van der Waals surface area (Å²) in [6.45, 7) is 0.257. The first-order valence-electron chi connectivity index (χ1n) is 8.18. The van der Waals surface area contributed by atoms with Gasteiger partial charge in [0.2, 0.25) is 0 Å². The van der Waals surface area contributed by atoms with E-state index in [2.05, 4.69) is 10.5 Å². The minimum atomic E-state index is -0.381. The minimum Gasteiger partial charge on any atom is -0.488 e. The van der Waals surface area contributed by atoms with Crippen LogP contribution in [0.3, 0.4) is 0 Å². The van der Waals surface area contributed by atoms with Crippen LogP contribution in [-0.4, -0.2) is 12.1 Å². The quantitative estimate of drug-likeness (QED) is 0.450. The number of ether oxygens (including phenoxy) is 1. The van der Waals surface area contributed by atoms with E-state index in [0.717, 1.165) is 5.56 Å². The average Bonchev–Trinajstić information content (AvgIpc) is 2.69. The number of nitrogens with zero attached hydrogens (tertiary/aromatic N) is 1. The lowest BCUT2D eigenvalue weighted by Crippen LogP contribution is -2.18. The zero-order valence-corrected chi connectivity index (χ0v) is 15.7. The van der Waals surface area contributed by atoms with Gasteiger partial charge < -0.3 is 4.74 Å². The van der Waals surface area contributed by atoms with E-state index in [1.807, 2.05) is 30.3 Å². The van der Waals surface area contributed by atoms with Crippen molar-refractivity contribution >= 4 is 35.3 Å². The summed E-state index contributed by atoms with van der Waals surface area (Å²) in [5.74, 6) is 0.0657. The second-order valence-corrected chi connectivity index (χ2v) is 6.41. The molecule has 0 saturated carbocycles. The maximum absolute atomic E-state index is 12.5. The largest absolute Gasteiger partial charge is 0.488 e. The van der Waals surface area contributed by atoms with Gasteiger partial charge in [0.15, 0.2) is 0 Å². The van der Waals surface area contributed by atoms with E-state index >= 15 is 0 Å². The van der Waals surface area contributed by atoms with Crippen LogP contribution in [0.15, 0.2) is 77.9 Å². The number of nitrogens with one attached hydrogen (secondary N) is 1. The first kappa shape index (κ1) is 19.0. The molecule has 0 unspecified atom stereocenters. The topological polar surface area (TPSA) is 50.7 Å². The normalized spacial score (nSPS) is 10.7. The van der Waals surface area contributed by atoms with Crippen molar-refractivity contribution in [3.05, 3.63) is 99.5 Å². The molecule has 0 heterocycles. The van der Waals surface area contributed by atoms with E-state index in [1.54, 1.807) is 42.5 Å². The Morgan fingerprint density at radius 3 is 2.37 bits per heavy atom. The zero-order chi connectivity index (χ0) is 19.1. The van der Waals surface area contributed by atoms with Gasteiger partial charge in [-0.2, -0.15) is 5.10 Å². The fourth-order valence-electron chi connectivity index (χ4n) is 2.35. The van der Waals surface area contributed by atoms with Crippen molar-refractivity contribution < 1.29 is 9.53 Å². The lowest BCUT2D eigenvalue weighted by atomic mass is 10.2. The predicted octanol–water partition coefficient (Wildman–Crippen LogP) is 5.34. The molecule has 0 aliphatic heterocycles. The summed E-state index contributed by atoms with van der Waals surface area (Å²) in [6, 6.07) is 21.6. The molecular formula is C21H16Cl2N2O2. The molecule has 0 saturated heterocycles. The van der Waals surface area contributed by atoms with Gasteiger partial charge in [0, 0.05) is 21.2 Å². The van der Waals surface area contributed by atoms with E-state index < -0.39 is 0 Å². The van der Waals surface area contributed by atoms with Gasteiger partial charge >= 0.3 is 0 Å². The highest BCUT2D eigenvalue weighted by atomic mass is 35.5. The van der Waals surface area contributed by atoms with Gasteiger partial charge in [-0.1, -0.05) is 71.7 Å². The van der Waals surface area contributed by atoms with Crippen LogP contribution < -0.4 is 10.2 Å². The zero-order valence-electron chi connectivity index (χ0n) is 14.2. The SMILES string of the molecule is O=C(N/N=C\c1ccccc1Cl)c1ccccc1OCc1ccccc1Cl. The number of hydrogen-bond acceptors (Lipinski definition) is 3. The Morgan fingerprint density at radius 2 is 1.59 bits per heavy atom. The highest BCUT2D eigenvalue weighted by Gasteiger charge is 2.12. The molecule has 0 fully saturated rings. The second kappa shape index (κ2) is 9.21. The fraction of sp³-hybridized carbons (Fsp3) is 0.0476. The fourth-order valence-corrected chi connectivity index (χ4v) is 2.73. The number of halogens is 2. The number of benzene rings is 3. The molecule has 4 nitrogen and oxygen atoms in total. The minimum absolute atomic E-state index is 0.257. The number of hydrazone groups is 1. The van der Waals surface area contributed by atoms with Crippen LogP contribution in [0, 0.1) is 0 Å². The third-order valence-electron chi connectivity index (χ3n) is 3.75. The van der Waals surface area contributed by atoms with Crippen molar-refractivity contribution in [3.63, 3.8) is 0 Å². The Labute approximate surface area is 167 Å². The summed E-state index contributed by atoms with van der Waals surface area (Å²) in [7, 11) is 0. The van der Waals surface area contributed by atoms with Crippen molar-refractivity contribution in [3.8, 4) is 5.75 Å². The molecule has 136 valence electrons. The molecule has 0 aliphatic rings. The van der Waals surface area contributed by atoms with Crippen molar-refractivity contribution in [2.24, 2.45) is 5.10 Å². The summed E-state index contributed by atoms with van der Waals surface area (Å²) in [5, 5.41) is 5.14. The van der Waals surface area contributed by atoms with Crippen molar-refractivity contribution in [2.75, 3.05) is 0 Å². The monoisotopic (exact) mass is 398 g/mol. The van der Waals surface area contributed by atoms with Crippen LogP contribution in [0.2, 0.25) is 10.0 Å². The van der Waals surface area contributed by atoms with Crippen LogP contribution in [0.1, 0.15) is 21.5 Å². The van der Waals surface area contributed by atoms with E-state index in [4.69, 9.17) is 27.9 Å².